The zero-order valence-corrected chi connectivity index (χ0v) is 18.2. The van der Waals surface area contributed by atoms with Crippen LogP contribution in [0, 0.1) is 11.3 Å². The lowest BCUT2D eigenvalue weighted by molar-refractivity contribution is 0.272. The van der Waals surface area contributed by atoms with Crippen LogP contribution in [0.2, 0.25) is 0 Å². The number of nitrogens with zero attached hydrogens (tertiary/aromatic N) is 3. The molecule has 31 heavy (non-hydrogen) atoms. The Balaban J connectivity index is 1.77. The summed E-state index contributed by atoms with van der Waals surface area (Å²) in [7, 11) is 5.32. The highest BCUT2D eigenvalue weighted by Crippen LogP contribution is 2.34. The van der Waals surface area contributed by atoms with Crippen molar-refractivity contribution in [2.24, 2.45) is 5.10 Å². The molecule has 0 N–H and O–H groups in total. The van der Waals surface area contributed by atoms with Gasteiger partial charge in [0.15, 0.2) is 11.5 Å². The van der Waals surface area contributed by atoms with Gasteiger partial charge in [-0.1, -0.05) is 36.4 Å². The van der Waals surface area contributed by atoms with Crippen LogP contribution >= 0.6 is 0 Å². The van der Waals surface area contributed by atoms with Gasteiger partial charge in [0.1, 0.15) is 0 Å². The summed E-state index contributed by atoms with van der Waals surface area (Å²) in [4.78, 5) is 0. The molecule has 0 bridgehead atoms. The van der Waals surface area contributed by atoms with E-state index >= 15 is 0 Å². The average Bonchev–Trinajstić information content (AvgIpc) is 2.94. The van der Waals surface area contributed by atoms with E-state index in [1.165, 1.54) is 5.56 Å². The number of hydrazone groups is 1. The van der Waals surface area contributed by atoms with Crippen LogP contribution in [-0.2, 0) is 6.42 Å². The van der Waals surface area contributed by atoms with Crippen molar-refractivity contribution in [3.8, 4) is 28.7 Å². The maximum Gasteiger partial charge on any atom is 0.161 e. The monoisotopic (exact) mass is 411 g/mol. The molecule has 0 saturated carbocycles. The topological polar surface area (TPSA) is 57.9 Å². The Kier molecular flexibility index (Phi) is 5.64. The van der Waals surface area contributed by atoms with Crippen LogP contribution in [0.4, 0.5) is 0 Å². The zero-order chi connectivity index (χ0) is 22.0. The summed E-state index contributed by atoms with van der Waals surface area (Å²) in [6, 6.07) is 22.5. The van der Waals surface area contributed by atoms with Crippen LogP contribution in [0.25, 0.3) is 11.1 Å². The number of ether oxygens (including phenoxy) is 2. The number of nitriles is 1. The minimum Gasteiger partial charge on any atom is -0.493 e. The van der Waals surface area contributed by atoms with Gasteiger partial charge in [-0.25, -0.2) is 0 Å². The van der Waals surface area contributed by atoms with Crippen LogP contribution in [0.1, 0.15) is 29.2 Å². The largest absolute Gasteiger partial charge is 0.493 e. The Morgan fingerprint density at radius 3 is 2.03 bits per heavy atom. The molecule has 1 heterocycles. The molecule has 1 aliphatic heterocycles. The van der Waals surface area contributed by atoms with Gasteiger partial charge in [-0.3, -0.25) is 5.01 Å². The van der Waals surface area contributed by atoms with Crippen LogP contribution in [0.3, 0.4) is 0 Å². The second-order valence-corrected chi connectivity index (χ2v) is 7.71. The summed E-state index contributed by atoms with van der Waals surface area (Å²) in [6.45, 7) is 2.17. The smallest absolute Gasteiger partial charge is 0.161 e. The van der Waals surface area contributed by atoms with E-state index < -0.39 is 0 Å². The van der Waals surface area contributed by atoms with Crippen LogP contribution in [0.15, 0.2) is 65.8 Å². The Labute approximate surface area is 183 Å². The molecule has 0 saturated heterocycles. The first-order valence-corrected chi connectivity index (χ1v) is 10.2. The van der Waals surface area contributed by atoms with Crippen molar-refractivity contribution in [3.63, 3.8) is 0 Å². The highest BCUT2D eigenvalue weighted by molar-refractivity contribution is 6.14. The van der Waals surface area contributed by atoms with E-state index in [9.17, 15) is 0 Å². The Bertz CT molecular complexity index is 1160. The van der Waals surface area contributed by atoms with Crippen molar-refractivity contribution < 1.29 is 9.47 Å². The third kappa shape index (κ3) is 3.97. The van der Waals surface area contributed by atoms with Gasteiger partial charge in [-0.05, 0) is 54.3 Å². The van der Waals surface area contributed by atoms with Gasteiger partial charge < -0.3 is 9.47 Å². The summed E-state index contributed by atoms with van der Waals surface area (Å²) in [5, 5.41) is 16.0. The molecule has 5 nitrogen and oxygen atoms in total. The highest BCUT2D eigenvalue weighted by Gasteiger charge is 2.23. The predicted molar refractivity (Wildman–Crippen MR) is 123 cm³/mol. The fraction of sp³-hybridized carbons (Fsp3) is 0.231. The van der Waals surface area contributed by atoms with Crippen LogP contribution in [-0.4, -0.2) is 38.0 Å². The molecule has 5 heteroatoms. The van der Waals surface area contributed by atoms with Gasteiger partial charge in [0, 0.05) is 24.2 Å². The van der Waals surface area contributed by atoms with Crippen molar-refractivity contribution >= 4 is 5.71 Å². The first kappa shape index (κ1) is 20.5. The number of benzene rings is 3. The number of methoxy groups -OCH3 is 2. The predicted octanol–water partition coefficient (Wildman–Crippen LogP) is 4.87. The van der Waals surface area contributed by atoms with E-state index in [4.69, 9.17) is 19.8 Å². The molecule has 156 valence electrons. The summed E-state index contributed by atoms with van der Waals surface area (Å²) in [5.41, 5.74) is 7.01. The molecular formula is C26H25N3O2. The fourth-order valence-electron chi connectivity index (χ4n) is 3.84. The number of hydrogen-bond donors (Lipinski definition) is 0. The first-order valence-electron chi connectivity index (χ1n) is 10.2. The quantitative estimate of drug-likeness (QED) is 0.614. The molecule has 4 rings (SSSR count). The van der Waals surface area contributed by atoms with Crippen molar-refractivity contribution in [3.05, 3.63) is 82.9 Å². The maximum atomic E-state index is 9.01. The molecule has 3 aromatic carbocycles. The normalized spacial score (nSPS) is 15.4. The Morgan fingerprint density at radius 2 is 1.45 bits per heavy atom. The van der Waals surface area contributed by atoms with E-state index in [0.29, 0.717) is 11.3 Å². The van der Waals surface area contributed by atoms with Crippen molar-refractivity contribution in [2.75, 3.05) is 21.3 Å². The van der Waals surface area contributed by atoms with Gasteiger partial charge in [0.25, 0.3) is 0 Å². The molecule has 0 aromatic heterocycles. The minimum atomic E-state index is 0.257. The Morgan fingerprint density at radius 1 is 0.903 bits per heavy atom. The third-order valence-electron chi connectivity index (χ3n) is 5.78. The molecule has 0 spiro atoms. The standard InChI is InChI=1S/C26H25N3O2/c1-17-13-22-14-24(30-3)25(31-4)15-23(22)26(28-29(17)2)21-11-9-20(10-12-21)19-7-5-18(16-27)6-8-19/h5-12,14-15,17H,13H2,1-4H3. The lowest BCUT2D eigenvalue weighted by Crippen LogP contribution is -2.25. The van der Waals surface area contributed by atoms with Gasteiger partial charge in [-0.15, -0.1) is 0 Å². The third-order valence-corrected chi connectivity index (χ3v) is 5.78. The molecule has 0 amide bonds. The van der Waals surface area contributed by atoms with E-state index in [-0.39, 0.29) is 6.04 Å². The number of rotatable bonds is 4. The average molecular weight is 412 g/mol. The van der Waals surface area contributed by atoms with Gasteiger partial charge >= 0.3 is 0 Å². The summed E-state index contributed by atoms with van der Waals surface area (Å²) in [6.07, 6.45) is 0.864. The molecule has 0 fully saturated rings. The molecular weight excluding hydrogens is 386 g/mol. The zero-order valence-electron chi connectivity index (χ0n) is 18.2. The second-order valence-electron chi connectivity index (χ2n) is 7.71. The van der Waals surface area contributed by atoms with E-state index in [1.807, 2.05) is 42.4 Å². The molecule has 1 unspecified atom stereocenters. The minimum absolute atomic E-state index is 0.257. The van der Waals surface area contributed by atoms with Gasteiger partial charge in [0.05, 0.1) is 31.6 Å². The highest BCUT2D eigenvalue weighted by atomic mass is 16.5. The van der Waals surface area contributed by atoms with Gasteiger partial charge in [-0.2, -0.15) is 10.4 Å². The molecule has 3 aromatic rings. The van der Waals surface area contributed by atoms with Crippen LogP contribution in [0.5, 0.6) is 11.5 Å². The fourth-order valence-corrected chi connectivity index (χ4v) is 3.84. The van der Waals surface area contributed by atoms with E-state index in [2.05, 4.69) is 43.3 Å². The number of hydrogen-bond acceptors (Lipinski definition) is 5. The molecule has 1 atom stereocenters. The van der Waals surface area contributed by atoms with Crippen molar-refractivity contribution in [1.29, 1.82) is 5.26 Å². The SMILES string of the molecule is COc1cc2c(cc1OC)C(c1ccc(-c3ccc(C#N)cc3)cc1)=NN(C)C(C)C2. The first-order chi connectivity index (χ1) is 15.0. The van der Waals surface area contributed by atoms with Crippen molar-refractivity contribution in [2.45, 2.75) is 19.4 Å². The molecule has 0 aliphatic carbocycles. The van der Waals surface area contributed by atoms with E-state index in [1.54, 1.807) is 14.2 Å². The molecule has 1 aliphatic rings. The number of likely N-dealkylation sites (N-methyl/N-ethyl adjacent to an activating group) is 1. The van der Waals surface area contributed by atoms with Crippen molar-refractivity contribution in [1.82, 2.24) is 5.01 Å². The van der Waals surface area contributed by atoms with Gasteiger partial charge in [0.2, 0.25) is 0 Å². The lowest BCUT2D eigenvalue weighted by Gasteiger charge is -2.20. The summed E-state index contributed by atoms with van der Waals surface area (Å²) < 4.78 is 11.1. The molecule has 0 radical (unpaired) electrons. The Hall–Kier alpha value is -3.78. The summed E-state index contributed by atoms with van der Waals surface area (Å²) >= 11 is 0. The van der Waals surface area contributed by atoms with E-state index in [0.717, 1.165) is 40.1 Å². The summed E-state index contributed by atoms with van der Waals surface area (Å²) in [5.74, 6) is 1.42. The second kappa shape index (κ2) is 8.53. The lowest BCUT2D eigenvalue weighted by atomic mass is 9.93. The maximum absolute atomic E-state index is 9.01. The number of fused-ring (bicyclic) bond motifs is 1. The van der Waals surface area contributed by atoms with Crippen LogP contribution < -0.4 is 9.47 Å².